The Bertz CT molecular complexity index is 835. The van der Waals surface area contributed by atoms with E-state index in [4.69, 9.17) is 16.3 Å². The van der Waals surface area contributed by atoms with Gasteiger partial charge in [-0.25, -0.2) is 17.5 Å². The summed E-state index contributed by atoms with van der Waals surface area (Å²) in [6.45, 7) is 3.77. The van der Waals surface area contributed by atoms with Crippen LogP contribution in [0, 0.1) is 12.7 Å². The van der Waals surface area contributed by atoms with E-state index in [1.165, 1.54) is 18.2 Å². The van der Waals surface area contributed by atoms with E-state index in [0.29, 0.717) is 6.42 Å². The normalized spacial score (nSPS) is 12.8. The second-order valence-corrected chi connectivity index (χ2v) is 7.93. The van der Waals surface area contributed by atoms with Gasteiger partial charge >= 0.3 is 0 Å². The molecule has 0 radical (unpaired) electrons. The number of benzene rings is 2. The van der Waals surface area contributed by atoms with Gasteiger partial charge in [-0.3, -0.25) is 0 Å². The van der Waals surface area contributed by atoms with Crippen LogP contribution in [0.15, 0.2) is 36.4 Å². The minimum Gasteiger partial charge on any atom is -0.496 e. The molecule has 0 bridgehead atoms. The van der Waals surface area contributed by atoms with E-state index < -0.39 is 27.6 Å². The molecule has 0 saturated carbocycles. The van der Waals surface area contributed by atoms with Crippen molar-refractivity contribution in [1.82, 2.24) is 4.72 Å². The Morgan fingerprint density at radius 3 is 2.56 bits per heavy atom. The molecule has 1 N–H and O–H groups in total. The van der Waals surface area contributed by atoms with Gasteiger partial charge in [0.25, 0.3) is 0 Å². The zero-order chi connectivity index (χ0) is 18.6. The summed E-state index contributed by atoms with van der Waals surface area (Å²) in [4.78, 5) is 0. The second kappa shape index (κ2) is 8.17. The lowest BCUT2D eigenvalue weighted by atomic mass is 10.0. The van der Waals surface area contributed by atoms with Crippen molar-refractivity contribution in [2.75, 3.05) is 7.11 Å². The molecule has 0 saturated heterocycles. The Hall–Kier alpha value is -1.63. The maximum absolute atomic E-state index is 13.9. The molecule has 7 heteroatoms. The van der Waals surface area contributed by atoms with Crippen molar-refractivity contribution < 1.29 is 17.5 Å². The highest BCUT2D eigenvalue weighted by Crippen LogP contribution is 2.26. The van der Waals surface area contributed by atoms with Gasteiger partial charge in [0.05, 0.1) is 12.9 Å². The molecule has 2 aromatic carbocycles. The third-order valence-corrected chi connectivity index (χ3v) is 5.61. The first-order chi connectivity index (χ1) is 11.8. The Balaban J connectivity index is 2.24. The predicted octanol–water partition coefficient (Wildman–Crippen LogP) is 4.37. The number of ether oxygens (including phenoxy) is 1. The topological polar surface area (TPSA) is 55.4 Å². The maximum Gasteiger partial charge on any atom is 0.216 e. The molecule has 0 spiro atoms. The first-order valence-corrected chi connectivity index (χ1v) is 9.88. The van der Waals surface area contributed by atoms with Gasteiger partial charge in [-0.05, 0) is 42.7 Å². The van der Waals surface area contributed by atoms with Crippen molar-refractivity contribution >= 4 is 21.6 Å². The van der Waals surface area contributed by atoms with Crippen molar-refractivity contribution in [3.05, 3.63) is 63.9 Å². The third kappa shape index (κ3) is 4.93. The van der Waals surface area contributed by atoms with Crippen LogP contribution in [0.4, 0.5) is 4.39 Å². The zero-order valence-corrected chi connectivity index (χ0v) is 15.9. The van der Waals surface area contributed by atoms with Crippen molar-refractivity contribution in [2.45, 2.75) is 32.1 Å². The zero-order valence-electron chi connectivity index (χ0n) is 14.3. The average Bonchev–Trinajstić information content (AvgIpc) is 2.56. The number of sulfonamides is 1. The number of hydrogen-bond donors (Lipinski definition) is 1. The van der Waals surface area contributed by atoms with E-state index in [9.17, 15) is 12.8 Å². The van der Waals surface area contributed by atoms with E-state index >= 15 is 0 Å². The van der Waals surface area contributed by atoms with Crippen LogP contribution in [-0.4, -0.2) is 15.5 Å². The van der Waals surface area contributed by atoms with E-state index in [1.807, 2.05) is 26.0 Å². The predicted molar refractivity (Wildman–Crippen MR) is 97.9 cm³/mol. The van der Waals surface area contributed by atoms with E-state index in [1.54, 1.807) is 13.2 Å². The summed E-state index contributed by atoms with van der Waals surface area (Å²) in [5.74, 6) is -0.407. The summed E-state index contributed by atoms with van der Waals surface area (Å²) in [6, 6.07) is 9.19. The highest BCUT2D eigenvalue weighted by molar-refractivity contribution is 7.88. The Kier molecular flexibility index (Phi) is 6.43. The fraction of sp³-hybridized carbons (Fsp3) is 0.333. The monoisotopic (exact) mass is 385 g/mol. The largest absolute Gasteiger partial charge is 0.496 e. The highest BCUT2D eigenvalue weighted by Gasteiger charge is 2.22. The molecule has 0 aliphatic heterocycles. The van der Waals surface area contributed by atoms with E-state index in [2.05, 4.69) is 4.72 Å². The fourth-order valence-corrected chi connectivity index (χ4v) is 4.43. The van der Waals surface area contributed by atoms with Gasteiger partial charge in [-0.2, -0.15) is 0 Å². The Morgan fingerprint density at radius 2 is 2.00 bits per heavy atom. The van der Waals surface area contributed by atoms with Gasteiger partial charge in [0.15, 0.2) is 0 Å². The molecular weight excluding hydrogens is 365 g/mol. The van der Waals surface area contributed by atoms with Crippen LogP contribution in [0.25, 0.3) is 0 Å². The summed E-state index contributed by atoms with van der Waals surface area (Å²) < 4.78 is 46.7. The molecule has 25 heavy (non-hydrogen) atoms. The van der Waals surface area contributed by atoms with Crippen molar-refractivity contribution in [1.29, 1.82) is 0 Å². The first-order valence-electron chi connectivity index (χ1n) is 7.84. The molecule has 4 nitrogen and oxygen atoms in total. The molecule has 136 valence electrons. The summed E-state index contributed by atoms with van der Waals surface area (Å²) in [5, 5.41) is 0.0960. The van der Waals surface area contributed by atoms with E-state index in [0.717, 1.165) is 16.9 Å². The smallest absolute Gasteiger partial charge is 0.216 e. The molecule has 0 heterocycles. The van der Waals surface area contributed by atoms with Crippen LogP contribution in [0.2, 0.25) is 5.02 Å². The van der Waals surface area contributed by atoms with Gasteiger partial charge in [-0.1, -0.05) is 36.7 Å². The third-order valence-electron chi connectivity index (χ3n) is 3.95. The van der Waals surface area contributed by atoms with Gasteiger partial charge in [0, 0.05) is 16.6 Å². The molecular formula is C18H21ClFNO3S. The number of methoxy groups -OCH3 is 1. The van der Waals surface area contributed by atoms with Crippen LogP contribution >= 0.6 is 11.6 Å². The second-order valence-electron chi connectivity index (χ2n) is 5.77. The van der Waals surface area contributed by atoms with Crippen LogP contribution in [0.1, 0.15) is 36.1 Å². The average molecular weight is 386 g/mol. The van der Waals surface area contributed by atoms with Gasteiger partial charge in [0.1, 0.15) is 11.6 Å². The van der Waals surface area contributed by atoms with Crippen molar-refractivity contribution in [3.8, 4) is 5.75 Å². The Morgan fingerprint density at radius 1 is 1.28 bits per heavy atom. The number of aryl methyl sites for hydroxylation is 1. The molecule has 1 atom stereocenters. The summed E-state index contributed by atoms with van der Waals surface area (Å²) in [7, 11) is -2.19. The van der Waals surface area contributed by atoms with Gasteiger partial charge < -0.3 is 4.74 Å². The summed E-state index contributed by atoms with van der Waals surface area (Å²) in [6.07, 6.45) is 0.552. The van der Waals surface area contributed by atoms with Crippen LogP contribution in [-0.2, 0) is 15.8 Å². The first kappa shape index (κ1) is 19.7. The lowest BCUT2D eigenvalue weighted by Gasteiger charge is -2.19. The molecule has 0 amide bonds. The van der Waals surface area contributed by atoms with Gasteiger partial charge in [-0.15, -0.1) is 0 Å². The number of rotatable bonds is 7. The molecule has 2 aromatic rings. The minimum atomic E-state index is -3.77. The van der Waals surface area contributed by atoms with Crippen molar-refractivity contribution in [2.24, 2.45) is 0 Å². The summed E-state index contributed by atoms with van der Waals surface area (Å²) >= 11 is 5.93. The van der Waals surface area contributed by atoms with Gasteiger partial charge in [0.2, 0.25) is 10.0 Å². The Labute approximate surface area is 153 Å². The van der Waals surface area contributed by atoms with Crippen molar-refractivity contribution in [3.63, 3.8) is 0 Å². The standard InChI is InChI=1S/C18H21ClFNO3S/c1-4-17(13-8-9-18(24-3)12(2)10-13)21-25(22,23)11-14-15(19)6-5-7-16(14)20/h5-10,17,21H,4,11H2,1-3H3/t17-/m1/s1. The molecule has 2 rings (SSSR count). The van der Waals surface area contributed by atoms with Crippen LogP contribution < -0.4 is 9.46 Å². The lowest BCUT2D eigenvalue weighted by molar-refractivity contribution is 0.411. The minimum absolute atomic E-state index is 0.0302. The SMILES string of the molecule is CC[C@@H](NS(=O)(=O)Cc1c(F)cccc1Cl)c1ccc(OC)c(C)c1. The maximum atomic E-state index is 13.9. The molecule has 0 aromatic heterocycles. The molecule has 0 unspecified atom stereocenters. The number of halogens is 2. The number of nitrogens with one attached hydrogen (secondary N) is 1. The van der Waals surface area contributed by atoms with E-state index in [-0.39, 0.29) is 10.6 Å². The highest BCUT2D eigenvalue weighted by atomic mass is 35.5. The van der Waals surface area contributed by atoms with Crippen LogP contribution in [0.3, 0.4) is 0 Å². The molecule has 0 fully saturated rings. The number of hydrogen-bond acceptors (Lipinski definition) is 3. The quantitative estimate of drug-likeness (QED) is 0.770. The molecule has 0 aliphatic carbocycles. The summed E-state index contributed by atoms with van der Waals surface area (Å²) in [5.41, 5.74) is 1.70. The van der Waals surface area contributed by atoms with Crippen LogP contribution in [0.5, 0.6) is 5.75 Å². The fourth-order valence-electron chi connectivity index (χ4n) is 2.62. The lowest BCUT2D eigenvalue weighted by Crippen LogP contribution is -2.29. The molecule has 0 aliphatic rings.